The molecule has 0 atom stereocenters. The minimum Gasteiger partial charge on any atom is -0.0870 e. The first-order valence-corrected chi connectivity index (χ1v) is 3.59. The van der Waals surface area contributed by atoms with E-state index in [0.717, 1.165) is 10.6 Å². The molecule has 0 saturated heterocycles. The predicted molar refractivity (Wildman–Crippen MR) is 46.2 cm³/mol. The zero-order valence-electron chi connectivity index (χ0n) is 5.84. The Hall–Kier alpha value is -0.750. The third-order valence-corrected chi connectivity index (χ3v) is 1.60. The van der Waals surface area contributed by atoms with Crippen molar-refractivity contribution in [3.8, 4) is 0 Å². The lowest BCUT2D eigenvalue weighted by atomic mass is 10.2. The van der Waals surface area contributed by atoms with Gasteiger partial charge in [0, 0.05) is 5.02 Å². The summed E-state index contributed by atoms with van der Waals surface area (Å²) in [5.74, 6) is 0. The molecule has 1 aromatic rings. The standard InChI is InChI=1S/C9H9Cl/c1-2-5-8-6-3-4-7-9(8)10/h2-7H,1H3/b5-2-. The molecule has 0 aromatic heterocycles. The fourth-order valence-corrected chi connectivity index (χ4v) is 0.989. The number of allylic oxidation sites excluding steroid dienone is 1. The van der Waals surface area contributed by atoms with Crippen LogP contribution in [-0.4, -0.2) is 0 Å². The summed E-state index contributed by atoms with van der Waals surface area (Å²) < 4.78 is 0. The molecule has 0 saturated carbocycles. The van der Waals surface area contributed by atoms with Crippen LogP contribution in [0.1, 0.15) is 12.5 Å². The molecule has 0 fully saturated rings. The van der Waals surface area contributed by atoms with Crippen LogP contribution in [0.15, 0.2) is 30.3 Å². The Balaban J connectivity index is 3.03. The van der Waals surface area contributed by atoms with Gasteiger partial charge in [-0.25, -0.2) is 0 Å². The Morgan fingerprint density at radius 3 is 2.60 bits per heavy atom. The fourth-order valence-electron chi connectivity index (χ4n) is 0.790. The molecule has 0 bridgehead atoms. The average Bonchev–Trinajstić information content (AvgIpc) is 1.94. The zero-order chi connectivity index (χ0) is 7.40. The summed E-state index contributed by atoms with van der Waals surface area (Å²) in [6.07, 6.45) is 3.96. The van der Waals surface area contributed by atoms with Crippen LogP contribution in [-0.2, 0) is 0 Å². The average molecular weight is 153 g/mol. The normalized spacial score (nSPS) is 10.6. The predicted octanol–water partition coefficient (Wildman–Crippen LogP) is 3.37. The van der Waals surface area contributed by atoms with E-state index in [9.17, 15) is 0 Å². The SMILES string of the molecule is C/C=C\c1ccccc1Cl. The molecule has 52 valence electrons. The molecule has 0 heterocycles. The van der Waals surface area contributed by atoms with Gasteiger partial charge in [0.15, 0.2) is 0 Å². The highest BCUT2D eigenvalue weighted by Crippen LogP contribution is 2.15. The van der Waals surface area contributed by atoms with Gasteiger partial charge in [0.1, 0.15) is 0 Å². The summed E-state index contributed by atoms with van der Waals surface area (Å²) in [5.41, 5.74) is 1.08. The molecule has 0 spiro atoms. The highest BCUT2D eigenvalue weighted by molar-refractivity contribution is 6.32. The molecule has 1 rings (SSSR count). The van der Waals surface area contributed by atoms with Gasteiger partial charge in [0.2, 0.25) is 0 Å². The number of hydrogen-bond donors (Lipinski definition) is 0. The summed E-state index contributed by atoms with van der Waals surface area (Å²) in [5, 5.41) is 0.806. The van der Waals surface area contributed by atoms with E-state index < -0.39 is 0 Å². The van der Waals surface area contributed by atoms with Gasteiger partial charge >= 0.3 is 0 Å². The highest BCUT2D eigenvalue weighted by Gasteiger charge is 1.90. The van der Waals surface area contributed by atoms with Crippen LogP contribution in [0.5, 0.6) is 0 Å². The third-order valence-electron chi connectivity index (χ3n) is 1.25. The monoisotopic (exact) mass is 152 g/mol. The molecule has 1 heteroatoms. The maximum absolute atomic E-state index is 5.85. The van der Waals surface area contributed by atoms with Crippen LogP contribution >= 0.6 is 11.6 Å². The van der Waals surface area contributed by atoms with Gasteiger partial charge in [0.05, 0.1) is 0 Å². The summed E-state index contributed by atoms with van der Waals surface area (Å²) in [7, 11) is 0. The van der Waals surface area contributed by atoms with E-state index in [-0.39, 0.29) is 0 Å². The molecule has 0 N–H and O–H groups in total. The van der Waals surface area contributed by atoms with Crippen molar-refractivity contribution in [3.63, 3.8) is 0 Å². The second-order valence-corrected chi connectivity index (χ2v) is 2.43. The van der Waals surface area contributed by atoms with E-state index in [4.69, 9.17) is 11.6 Å². The highest BCUT2D eigenvalue weighted by atomic mass is 35.5. The van der Waals surface area contributed by atoms with Crippen molar-refractivity contribution in [2.45, 2.75) is 6.92 Å². The lowest BCUT2D eigenvalue weighted by molar-refractivity contribution is 1.64. The van der Waals surface area contributed by atoms with Crippen molar-refractivity contribution in [1.29, 1.82) is 0 Å². The van der Waals surface area contributed by atoms with Gasteiger partial charge in [-0.1, -0.05) is 42.0 Å². The largest absolute Gasteiger partial charge is 0.0870 e. The van der Waals surface area contributed by atoms with Gasteiger partial charge in [-0.3, -0.25) is 0 Å². The van der Waals surface area contributed by atoms with E-state index >= 15 is 0 Å². The van der Waals surface area contributed by atoms with E-state index in [1.807, 2.05) is 43.3 Å². The van der Waals surface area contributed by atoms with Crippen molar-refractivity contribution in [3.05, 3.63) is 40.9 Å². The molecule has 0 nitrogen and oxygen atoms in total. The van der Waals surface area contributed by atoms with Crippen LogP contribution in [0.4, 0.5) is 0 Å². The van der Waals surface area contributed by atoms with Crippen LogP contribution in [0, 0.1) is 0 Å². The van der Waals surface area contributed by atoms with E-state index in [0.29, 0.717) is 0 Å². The molecule has 0 aliphatic rings. The van der Waals surface area contributed by atoms with Crippen LogP contribution in [0.3, 0.4) is 0 Å². The molecule has 0 aliphatic carbocycles. The number of halogens is 1. The Bertz CT molecular complexity index is 238. The van der Waals surface area contributed by atoms with Crippen LogP contribution < -0.4 is 0 Å². The number of benzene rings is 1. The molecule has 0 unspecified atom stereocenters. The molecule has 0 radical (unpaired) electrons. The Kier molecular flexibility index (Phi) is 2.52. The lowest BCUT2D eigenvalue weighted by Gasteiger charge is -1.93. The van der Waals surface area contributed by atoms with E-state index in [2.05, 4.69) is 0 Å². The minimum absolute atomic E-state index is 0.806. The Morgan fingerprint density at radius 1 is 1.30 bits per heavy atom. The minimum atomic E-state index is 0.806. The molecular formula is C9H9Cl. The summed E-state index contributed by atoms with van der Waals surface area (Å²) in [4.78, 5) is 0. The molecule has 1 aromatic carbocycles. The maximum atomic E-state index is 5.85. The van der Waals surface area contributed by atoms with Crippen molar-refractivity contribution < 1.29 is 0 Å². The molecule has 10 heavy (non-hydrogen) atoms. The van der Waals surface area contributed by atoms with Crippen LogP contribution in [0.25, 0.3) is 6.08 Å². The topological polar surface area (TPSA) is 0 Å². The lowest BCUT2D eigenvalue weighted by Crippen LogP contribution is -1.70. The van der Waals surface area contributed by atoms with Gasteiger partial charge in [-0.2, -0.15) is 0 Å². The fraction of sp³-hybridized carbons (Fsp3) is 0.111. The first kappa shape index (κ1) is 7.36. The smallest absolute Gasteiger partial charge is 0.0478 e. The second kappa shape index (κ2) is 3.43. The maximum Gasteiger partial charge on any atom is 0.0478 e. The van der Waals surface area contributed by atoms with Crippen molar-refractivity contribution >= 4 is 17.7 Å². The summed E-state index contributed by atoms with van der Waals surface area (Å²) in [6.45, 7) is 1.98. The molecule has 0 amide bonds. The van der Waals surface area contributed by atoms with Gasteiger partial charge in [-0.15, -0.1) is 0 Å². The van der Waals surface area contributed by atoms with Gasteiger partial charge in [0.25, 0.3) is 0 Å². The Labute approximate surface area is 66.1 Å². The van der Waals surface area contributed by atoms with E-state index in [1.165, 1.54) is 0 Å². The van der Waals surface area contributed by atoms with Crippen LogP contribution in [0.2, 0.25) is 5.02 Å². The van der Waals surface area contributed by atoms with Gasteiger partial charge < -0.3 is 0 Å². The third kappa shape index (κ3) is 1.61. The molecule has 0 aliphatic heterocycles. The summed E-state index contributed by atoms with van der Waals surface area (Å²) in [6, 6.07) is 7.77. The van der Waals surface area contributed by atoms with Crippen molar-refractivity contribution in [2.75, 3.05) is 0 Å². The summed E-state index contributed by atoms with van der Waals surface area (Å²) >= 11 is 5.85. The quantitative estimate of drug-likeness (QED) is 0.579. The van der Waals surface area contributed by atoms with E-state index in [1.54, 1.807) is 0 Å². The first-order valence-electron chi connectivity index (χ1n) is 3.22. The molecular weight excluding hydrogens is 144 g/mol. The zero-order valence-corrected chi connectivity index (χ0v) is 6.60. The first-order chi connectivity index (χ1) is 4.84. The second-order valence-electron chi connectivity index (χ2n) is 2.02. The van der Waals surface area contributed by atoms with Crippen molar-refractivity contribution in [2.24, 2.45) is 0 Å². The number of hydrogen-bond acceptors (Lipinski definition) is 0. The van der Waals surface area contributed by atoms with Crippen molar-refractivity contribution in [1.82, 2.24) is 0 Å². The Morgan fingerprint density at radius 2 is 2.00 bits per heavy atom. The number of rotatable bonds is 1. The van der Waals surface area contributed by atoms with Gasteiger partial charge in [-0.05, 0) is 18.6 Å².